The van der Waals surface area contributed by atoms with Gasteiger partial charge < -0.3 is 24.4 Å². The zero-order chi connectivity index (χ0) is 14.4. The lowest BCUT2D eigenvalue weighted by Crippen LogP contribution is -2.02. The normalized spacial score (nSPS) is 11.9. The van der Waals surface area contributed by atoms with Crippen molar-refractivity contribution in [1.82, 2.24) is 0 Å². The number of rotatable bonds is 1. The van der Waals surface area contributed by atoms with Crippen LogP contribution in [-0.4, -0.2) is 17.3 Å². The Morgan fingerprint density at radius 1 is 0.950 bits per heavy atom. The van der Waals surface area contributed by atoms with E-state index in [4.69, 9.17) is 14.2 Å². The first-order chi connectivity index (χ1) is 9.51. The molecule has 0 radical (unpaired) electrons. The Morgan fingerprint density at radius 3 is 2.40 bits per heavy atom. The van der Waals surface area contributed by atoms with E-state index >= 15 is 0 Å². The van der Waals surface area contributed by atoms with E-state index in [1.165, 1.54) is 7.11 Å². The fourth-order valence-corrected chi connectivity index (χ4v) is 2.22. The number of phenols is 2. The summed E-state index contributed by atoms with van der Waals surface area (Å²) in [5.74, 6) is 1.35. The summed E-state index contributed by atoms with van der Waals surface area (Å²) in [6, 6.07) is 4.96. The highest BCUT2D eigenvalue weighted by atomic mass is 16.6. The molecule has 1 aliphatic rings. The Kier molecular flexibility index (Phi) is 2.64. The second-order valence-electron chi connectivity index (χ2n) is 4.72. The monoisotopic (exact) mass is 274 g/mol. The van der Waals surface area contributed by atoms with Crippen LogP contribution in [0, 0.1) is 13.8 Å². The van der Waals surface area contributed by atoms with Crippen molar-refractivity contribution in [3.8, 4) is 40.2 Å². The molecule has 2 aromatic carbocycles. The number of fused-ring (bicyclic) bond motifs is 2. The molecule has 0 unspecified atom stereocenters. The molecule has 3 rings (SSSR count). The van der Waals surface area contributed by atoms with Gasteiger partial charge in [-0.15, -0.1) is 0 Å². The molecular weight excluding hydrogens is 260 g/mol. The van der Waals surface area contributed by atoms with Crippen molar-refractivity contribution in [2.75, 3.05) is 7.11 Å². The molecule has 0 saturated carbocycles. The summed E-state index contributed by atoms with van der Waals surface area (Å²) in [5.41, 5.74) is 1.56. The molecule has 5 nitrogen and oxygen atoms in total. The molecule has 2 aromatic rings. The zero-order valence-corrected chi connectivity index (χ0v) is 11.4. The van der Waals surface area contributed by atoms with Gasteiger partial charge in [-0.3, -0.25) is 0 Å². The number of ether oxygens (including phenoxy) is 3. The predicted molar refractivity (Wildman–Crippen MR) is 72.4 cm³/mol. The van der Waals surface area contributed by atoms with Gasteiger partial charge in [0.1, 0.15) is 0 Å². The van der Waals surface area contributed by atoms with Gasteiger partial charge in [0, 0.05) is 0 Å². The molecular formula is C15H14O5. The van der Waals surface area contributed by atoms with Crippen LogP contribution in [0.15, 0.2) is 18.2 Å². The van der Waals surface area contributed by atoms with E-state index in [2.05, 4.69) is 0 Å². The summed E-state index contributed by atoms with van der Waals surface area (Å²) in [6.45, 7) is 3.63. The van der Waals surface area contributed by atoms with Crippen molar-refractivity contribution in [3.05, 3.63) is 29.3 Å². The van der Waals surface area contributed by atoms with E-state index < -0.39 is 0 Å². The number of methoxy groups -OCH3 is 1. The Morgan fingerprint density at radius 2 is 1.70 bits per heavy atom. The van der Waals surface area contributed by atoms with Crippen molar-refractivity contribution in [2.45, 2.75) is 13.8 Å². The van der Waals surface area contributed by atoms with Crippen LogP contribution in [-0.2, 0) is 0 Å². The highest BCUT2D eigenvalue weighted by Crippen LogP contribution is 2.56. The van der Waals surface area contributed by atoms with Crippen LogP contribution in [0.3, 0.4) is 0 Å². The van der Waals surface area contributed by atoms with Crippen LogP contribution < -0.4 is 14.2 Å². The van der Waals surface area contributed by atoms with E-state index in [1.807, 2.05) is 6.92 Å². The average molecular weight is 274 g/mol. The lowest BCUT2D eigenvalue weighted by molar-refractivity contribution is 0.308. The summed E-state index contributed by atoms with van der Waals surface area (Å²) < 4.78 is 16.5. The first-order valence-corrected chi connectivity index (χ1v) is 6.11. The number of aromatic hydroxyl groups is 2. The molecule has 1 heterocycles. The third-order valence-electron chi connectivity index (χ3n) is 3.18. The van der Waals surface area contributed by atoms with Gasteiger partial charge in [-0.2, -0.15) is 0 Å². The van der Waals surface area contributed by atoms with Gasteiger partial charge in [0.15, 0.2) is 23.0 Å². The summed E-state index contributed by atoms with van der Waals surface area (Å²) in [6.07, 6.45) is 0. The summed E-state index contributed by atoms with van der Waals surface area (Å²) >= 11 is 0. The van der Waals surface area contributed by atoms with Crippen LogP contribution in [0.1, 0.15) is 11.1 Å². The maximum atomic E-state index is 10.1. The van der Waals surface area contributed by atoms with Crippen molar-refractivity contribution in [3.63, 3.8) is 0 Å². The van der Waals surface area contributed by atoms with Crippen LogP contribution in [0.2, 0.25) is 0 Å². The van der Waals surface area contributed by atoms with Crippen LogP contribution >= 0.6 is 0 Å². The molecule has 0 spiro atoms. The molecule has 0 aromatic heterocycles. The van der Waals surface area contributed by atoms with Gasteiger partial charge in [0.05, 0.1) is 7.11 Å². The molecule has 0 aliphatic carbocycles. The van der Waals surface area contributed by atoms with Crippen LogP contribution in [0.25, 0.3) is 0 Å². The van der Waals surface area contributed by atoms with Gasteiger partial charge in [-0.05, 0) is 43.2 Å². The predicted octanol–water partition coefficient (Wildman–Crippen LogP) is 3.62. The van der Waals surface area contributed by atoms with Crippen molar-refractivity contribution >= 4 is 0 Å². The van der Waals surface area contributed by atoms with Crippen molar-refractivity contribution in [2.24, 2.45) is 0 Å². The van der Waals surface area contributed by atoms with Gasteiger partial charge >= 0.3 is 0 Å². The molecule has 20 heavy (non-hydrogen) atoms. The first kappa shape index (κ1) is 12.5. The quantitative estimate of drug-likeness (QED) is 0.709. The lowest BCUT2D eigenvalue weighted by atomic mass is 10.1. The maximum absolute atomic E-state index is 10.1. The molecule has 0 amide bonds. The van der Waals surface area contributed by atoms with E-state index in [1.54, 1.807) is 25.1 Å². The second-order valence-corrected chi connectivity index (χ2v) is 4.72. The van der Waals surface area contributed by atoms with Crippen molar-refractivity contribution < 1.29 is 24.4 Å². The van der Waals surface area contributed by atoms with E-state index in [-0.39, 0.29) is 23.0 Å². The first-order valence-electron chi connectivity index (χ1n) is 6.11. The number of benzene rings is 2. The average Bonchev–Trinajstić information content (AvgIpc) is 2.41. The zero-order valence-electron chi connectivity index (χ0n) is 11.4. The topological polar surface area (TPSA) is 68.2 Å². The molecule has 0 bridgehead atoms. The maximum Gasteiger partial charge on any atom is 0.215 e. The van der Waals surface area contributed by atoms with E-state index in [0.717, 1.165) is 11.1 Å². The van der Waals surface area contributed by atoms with Gasteiger partial charge in [0.2, 0.25) is 17.2 Å². The SMILES string of the molecule is COc1cc(C)c2c(c1O)Oc1cc(C)cc(O)c1O2. The summed E-state index contributed by atoms with van der Waals surface area (Å²) in [4.78, 5) is 0. The molecule has 1 aliphatic heterocycles. The van der Waals surface area contributed by atoms with Gasteiger partial charge in [-0.25, -0.2) is 0 Å². The summed E-state index contributed by atoms with van der Waals surface area (Å²) in [7, 11) is 1.47. The third kappa shape index (κ3) is 1.71. The highest BCUT2D eigenvalue weighted by Gasteiger charge is 2.28. The van der Waals surface area contributed by atoms with Crippen LogP contribution in [0.4, 0.5) is 0 Å². The second kappa shape index (κ2) is 4.23. The molecule has 2 N–H and O–H groups in total. The third-order valence-corrected chi connectivity index (χ3v) is 3.18. The Hall–Kier alpha value is -2.56. The lowest BCUT2D eigenvalue weighted by Gasteiger charge is -2.24. The Bertz CT molecular complexity index is 706. The minimum absolute atomic E-state index is 0.000331. The number of hydrogen-bond donors (Lipinski definition) is 2. The fourth-order valence-electron chi connectivity index (χ4n) is 2.22. The minimum Gasteiger partial charge on any atom is -0.504 e. The Labute approximate surface area is 116 Å². The molecule has 0 saturated heterocycles. The molecule has 0 fully saturated rings. The summed E-state index contributed by atoms with van der Waals surface area (Å²) in [5, 5.41) is 20.1. The van der Waals surface area contributed by atoms with Gasteiger partial charge in [0.25, 0.3) is 0 Å². The Balaban J connectivity index is 2.20. The smallest absolute Gasteiger partial charge is 0.215 e. The fraction of sp³-hybridized carbons (Fsp3) is 0.200. The number of phenolic OH excluding ortho intramolecular Hbond substituents is 2. The standard InChI is InChI=1S/C15H14O5/c1-7-4-9(16)14-11(5-7)19-15-12(17)10(18-3)6-8(2)13(15)20-14/h4-6,16-17H,1-3H3. The minimum atomic E-state index is -0.125. The molecule has 5 heteroatoms. The highest BCUT2D eigenvalue weighted by molar-refractivity contribution is 5.68. The largest absolute Gasteiger partial charge is 0.504 e. The van der Waals surface area contributed by atoms with E-state index in [0.29, 0.717) is 17.2 Å². The van der Waals surface area contributed by atoms with Crippen LogP contribution in [0.5, 0.6) is 40.2 Å². The van der Waals surface area contributed by atoms with Crippen molar-refractivity contribution in [1.29, 1.82) is 0 Å². The van der Waals surface area contributed by atoms with E-state index in [9.17, 15) is 10.2 Å². The number of hydrogen-bond acceptors (Lipinski definition) is 5. The molecule has 0 atom stereocenters. The number of aryl methyl sites for hydroxylation is 2. The van der Waals surface area contributed by atoms with Gasteiger partial charge in [-0.1, -0.05) is 0 Å². The molecule has 104 valence electrons.